The molecule has 0 aliphatic heterocycles. The Morgan fingerprint density at radius 2 is 1.62 bits per heavy atom. The van der Waals surface area contributed by atoms with E-state index in [9.17, 15) is 0 Å². The van der Waals surface area contributed by atoms with Crippen LogP contribution < -0.4 is 10.5 Å². The van der Waals surface area contributed by atoms with Crippen molar-refractivity contribution in [2.75, 3.05) is 12.8 Å². The van der Waals surface area contributed by atoms with E-state index in [1.54, 1.807) is 7.11 Å². The van der Waals surface area contributed by atoms with Gasteiger partial charge in [-0.15, -0.1) is 0 Å². The van der Waals surface area contributed by atoms with Crippen LogP contribution in [0.1, 0.15) is 0 Å². The van der Waals surface area contributed by atoms with E-state index < -0.39 is 0 Å². The molecule has 0 fully saturated rings. The molecule has 0 radical (unpaired) electrons. The fourth-order valence-corrected chi connectivity index (χ4v) is 1.71. The molecule has 0 aliphatic rings. The topological polar surface area (TPSA) is 35.2 Å². The third-order valence-electron chi connectivity index (χ3n) is 2.40. The van der Waals surface area contributed by atoms with E-state index in [4.69, 9.17) is 22.1 Å². The van der Waals surface area contributed by atoms with Gasteiger partial charge in [0.05, 0.1) is 12.1 Å². The molecule has 82 valence electrons. The van der Waals surface area contributed by atoms with E-state index in [0.29, 0.717) is 10.8 Å². The second kappa shape index (κ2) is 4.45. The summed E-state index contributed by atoms with van der Waals surface area (Å²) < 4.78 is 5.17. The van der Waals surface area contributed by atoms with Gasteiger partial charge in [-0.3, -0.25) is 0 Å². The van der Waals surface area contributed by atoms with Gasteiger partial charge in [-0.25, -0.2) is 0 Å². The molecule has 0 saturated carbocycles. The van der Waals surface area contributed by atoms with Crippen molar-refractivity contribution >= 4 is 17.3 Å². The number of hydrogen-bond donors (Lipinski definition) is 1. The molecule has 0 heterocycles. The van der Waals surface area contributed by atoms with Crippen LogP contribution in [-0.2, 0) is 0 Å². The maximum Gasteiger partial charge on any atom is 0.138 e. The van der Waals surface area contributed by atoms with Crippen LogP contribution in [0.2, 0.25) is 5.02 Å². The molecular formula is C13H12ClNO. The number of anilines is 1. The molecule has 0 unspecified atom stereocenters. The molecule has 2 aromatic rings. The van der Waals surface area contributed by atoms with Gasteiger partial charge in [0.15, 0.2) is 0 Å². The number of nitrogen functional groups attached to an aromatic ring is 1. The van der Waals surface area contributed by atoms with Crippen LogP contribution in [0, 0.1) is 0 Å². The highest BCUT2D eigenvalue weighted by atomic mass is 35.5. The molecule has 2 aromatic carbocycles. The normalized spacial score (nSPS) is 10.1. The zero-order chi connectivity index (χ0) is 11.5. The van der Waals surface area contributed by atoms with Gasteiger partial charge in [0, 0.05) is 5.69 Å². The van der Waals surface area contributed by atoms with Crippen molar-refractivity contribution in [3.63, 3.8) is 0 Å². The van der Waals surface area contributed by atoms with E-state index in [0.717, 1.165) is 16.8 Å². The number of halogens is 1. The molecule has 2 nitrogen and oxygen atoms in total. The third kappa shape index (κ3) is 2.12. The first-order valence-electron chi connectivity index (χ1n) is 4.90. The van der Waals surface area contributed by atoms with Gasteiger partial charge in [-0.05, 0) is 35.4 Å². The Morgan fingerprint density at radius 3 is 2.25 bits per heavy atom. The predicted molar refractivity (Wildman–Crippen MR) is 67.9 cm³/mol. The number of hydrogen-bond acceptors (Lipinski definition) is 2. The fourth-order valence-electron chi connectivity index (χ4n) is 1.51. The summed E-state index contributed by atoms with van der Waals surface area (Å²) in [5.41, 5.74) is 8.54. The Balaban J connectivity index is 2.44. The maximum atomic E-state index is 5.96. The summed E-state index contributed by atoms with van der Waals surface area (Å²) in [6.07, 6.45) is 0. The van der Waals surface area contributed by atoms with Gasteiger partial charge in [0.1, 0.15) is 5.75 Å². The van der Waals surface area contributed by atoms with Crippen molar-refractivity contribution < 1.29 is 4.74 Å². The van der Waals surface area contributed by atoms with Gasteiger partial charge < -0.3 is 10.5 Å². The summed E-state index contributed by atoms with van der Waals surface area (Å²) >= 11 is 5.96. The van der Waals surface area contributed by atoms with E-state index in [1.807, 2.05) is 42.5 Å². The van der Waals surface area contributed by atoms with Crippen LogP contribution in [0.5, 0.6) is 5.75 Å². The zero-order valence-corrected chi connectivity index (χ0v) is 9.66. The van der Waals surface area contributed by atoms with Crippen molar-refractivity contribution in [3.05, 3.63) is 47.5 Å². The van der Waals surface area contributed by atoms with Gasteiger partial charge in [0.25, 0.3) is 0 Å². The average Bonchev–Trinajstić information content (AvgIpc) is 2.31. The second-order valence-electron chi connectivity index (χ2n) is 3.47. The number of benzene rings is 2. The fraction of sp³-hybridized carbons (Fsp3) is 0.0769. The number of ether oxygens (including phenoxy) is 1. The quantitative estimate of drug-likeness (QED) is 0.805. The lowest BCUT2D eigenvalue weighted by atomic mass is 10.1. The highest BCUT2D eigenvalue weighted by Crippen LogP contribution is 2.30. The first-order valence-corrected chi connectivity index (χ1v) is 5.28. The van der Waals surface area contributed by atoms with Gasteiger partial charge in [-0.1, -0.05) is 29.8 Å². The Hall–Kier alpha value is -1.67. The Morgan fingerprint density at radius 1 is 1.00 bits per heavy atom. The van der Waals surface area contributed by atoms with E-state index in [1.165, 1.54) is 0 Å². The van der Waals surface area contributed by atoms with Crippen LogP contribution in [-0.4, -0.2) is 7.11 Å². The Labute approximate surface area is 99.6 Å². The molecular weight excluding hydrogens is 222 g/mol. The molecule has 0 aliphatic carbocycles. The first kappa shape index (κ1) is 10.8. The summed E-state index contributed by atoms with van der Waals surface area (Å²) in [6, 6.07) is 13.4. The average molecular weight is 234 g/mol. The SMILES string of the molecule is COc1cc(-c2ccc(N)cc2)ccc1Cl. The molecule has 0 aromatic heterocycles. The smallest absolute Gasteiger partial charge is 0.138 e. The Bertz CT molecular complexity index is 494. The lowest BCUT2D eigenvalue weighted by Crippen LogP contribution is -1.87. The highest BCUT2D eigenvalue weighted by Gasteiger charge is 2.03. The van der Waals surface area contributed by atoms with Crippen molar-refractivity contribution in [2.24, 2.45) is 0 Å². The minimum Gasteiger partial charge on any atom is -0.495 e. The second-order valence-corrected chi connectivity index (χ2v) is 3.88. The summed E-state index contributed by atoms with van der Waals surface area (Å²) in [5.74, 6) is 0.677. The lowest BCUT2D eigenvalue weighted by Gasteiger charge is -2.07. The van der Waals surface area contributed by atoms with Crippen molar-refractivity contribution in [1.82, 2.24) is 0 Å². The molecule has 0 bridgehead atoms. The van der Waals surface area contributed by atoms with Crippen LogP contribution in [0.3, 0.4) is 0 Å². The molecule has 0 spiro atoms. The van der Waals surface area contributed by atoms with Crippen molar-refractivity contribution in [3.8, 4) is 16.9 Å². The van der Waals surface area contributed by atoms with E-state index >= 15 is 0 Å². The monoisotopic (exact) mass is 233 g/mol. The van der Waals surface area contributed by atoms with Crippen molar-refractivity contribution in [2.45, 2.75) is 0 Å². The molecule has 3 heteroatoms. The summed E-state index contributed by atoms with van der Waals surface area (Å²) in [7, 11) is 1.61. The molecule has 0 saturated heterocycles. The standard InChI is InChI=1S/C13H12ClNO/c1-16-13-8-10(4-7-12(13)14)9-2-5-11(15)6-3-9/h2-8H,15H2,1H3. The largest absolute Gasteiger partial charge is 0.495 e. The first-order chi connectivity index (χ1) is 7.70. The van der Waals surface area contributed by atoms with Crippen molar-refractivity contribution in [1.29, 1.82) is 0 Å². The van der Waals surface area contributed by atoms with Gasteiger partial charge >= 0.3 is 0 Å². The van der Waals surface area contributed by atoms with Crippen LogP contribution in [0.4, 0.5) is 5.69 Å². The number of rotatable bonds is 2. The van der Waals surface area contributed by atoms with Gasteiger partial charge in [-0.2, -0.15) is 0 Å². The molecule has 2 N–H and O–H groups in total. The molecule has 2 rings (SSSR count). The zero-order valence-electron chi connectivity index (χ0n) is 8.91. The molecule has 0 atom stereocenters. The minimum atomic E-state index is 0.613. The Kier molecular flexibility index (Phi) is 3.02. The summed E-state index contributed by atoms with van der Waals surface area (Å²) in [5, 5.41) is 0.613. The number of nitrogens with two attached hydrogens (primary N) is 1. The summed E-state index contributed by atoms with van der Waals surface area (Å²) in [4.78, 5) is 0. The lowest BCUT2D eigenvalue weighted by molar-refractivity contribution is 0.415. The van der Waals surface area contributed by atoms with E-state index in [2.05, 4.69) is 0 Å². The maximum absolute atomic E-state index is 5.96. The molecule has 0 amide bonds. The minimum absolute atomic E-state index is 0.613. The van der Waals surface area contributed by atoms with Crippen LogP contribution in [0.25, 0.3) is 11.1 Å². The van der Waals surface area contributed by atoms with Crippen LogP contribution >= 0.6 is 11.6 Å². The van der Waals surface area contributed by atoms with Gasteiger partial charge in [0.2, 0.25) is 0 Å². The third-order valence-corrected chi connectivity index (χ3v) is 2.71. The predicted octanol–water partition coefficient (Wildman–Crippen LogP) is 3.60. The number of methoxy groups -OCH3 is 1. The van der Waals surface area contributed by atoms with E-state index in [-0.39, 0.29) is 0 Å². The van der Waals surface area contributed by atoms with Crippen LogP contribution in [0.15, 0.2) is 42.5 Å². The summed E-state index contributed by atoms with van der Waals surface area (Å²) in [6.45, 7) is 0. The highest BCUT2D eigenvalue weighted by molar-refractivity contribution is 6.32. The molecule has 16 heavy (non-hydrogen) atoms.